The predicted molar refractivity (Wildman–Crippen MR) is 81.0 cm³/mol. The van der Waals surface area contributed by atoms with Crippen molar-refractivity contribution in [1.29, 1.82) is 0 Å². The first-order chi connectivity index (χ1) is 9.24. The molecular formula is C18H19N. The van der Waals surface area contributed by atoms with Crippen molar-refractivity contribution >= 4 is 5.69 Å². The summed E-state index contributed by atoms with van der Waals surface area (Å²) in [6.45, 7) is 0. The molecule has 0 saturated carbocycles. The van der Waals surface area contributed by atoms with Crippen LogP contribution in [-0.4, -0.2) is 14.1 Å². The minimum atomic E-state index is 1.19. The second-order valence-electron chi connectivity index (χ2n) is 5.98. The molecule has 0 saturated heterocycles. The van der Waals surface area contributed by atoms with Crippen molar-refractivity contribution in [2.45, 2.75) is 25.7 Å². The van der Waals surface area contributed by atoms with Gasteiger partial charge in [0.1, 0.15) is 0 Å². The van der Waals surface area contributed by atoms with E-state index in [1.165, 1.54) is 31.4 Å². The van der Waals surface area contributed by atoms with E-state index in [2.05, 4.69) is 49.3 Å². The fourth-order valence-corrected chi connectivity index (χ4v) is 3.65. The summed E-state index contributed by atoms with van der Waals surface area (Å²) in [5.74, 6) is 0. The molecule has 2 aliphatic rings. The summed E-state index contributed by atoms with van der Waals surface area (Å²) in [6, 6.07) is 11.7. The third-order valence-corrected chi connectivity index (χ3v) is 4.62. The topological polar surface area (TPSA) is 3.24 Å². The van der Waals surface area contributed by atoms with Crippen LogP contribution in [0.15, 0.2) is 30.3 Å². The van der Waals surface area contributed by atoms with Crippen molar-refractivity contribution in [3.8, 4) is 11.1 Å². The first kappa shape index (κ1) is 11.1. The van der Waals surface area contributed by atoms with Crippen LogP contribution in [0.25, 0.3) is 11.1 Å². The fraction of sp³-hybridized carbons (Fsp3) is 0.333. The Balaban J connectivity index is 2.03. The Bertz CT molecular complexity index is 620. The number of benzene rings is 2. The van der Waals surface area contributed by atoms with Gasteiger partial charge in [0.15, 0.2) is 0 Å². The zero-order chi connectivity index (χ0) is 13.0. The second-order valence-corrected chi connectivity index (χ2v) is 5.98. The molecule has 0 heterocycles. The molecule has 19 heavy (non-hydrogen) atoms. The smallest absolute Gasteiger partial charge is 0.0366 e. The van der Waals surface area contributed by atoms with Gasteiger partial charge in [-0.25, -0.2) is 0 Å². The van der Waals surface area contributed by atoms with E-state index >= 15 is 0 Å². The molecule has 0 aliphatic heterocycles. The molecule has 96 valence electrons. The van der Waals surface area contributed by atoms with Gasteiger partial charge in [0.05, 0.1) is 0 Å². The normalized spacial score (nSPS) is 15.1. The molecule has 0 radical (unpaired) electrons. The van der Waals surface area contributed by atoms with E-state index in [-0.39, 0.29) is 0 Å². The number of rotatable bonds is 1. The van der Waals surface area contributed by atoms with Crippen LogP contribution in [0.1, 0.15) is 22.3 Å². The van der Waals surface area contributed by atoms with E-state index in [1.54, 1.807) is 33.4 Å². The third kappa shape index (κ3) is 1.54. The lowest BCUT2D eigenvalue weighted by molar-refractivity contribution is 0.874. The highest BCUT2D eigenvalue weighted by atomic mass is 15.1. The summed E-state index contributed by atoms with van der Waals surface area (Å²) in [6.07, 6.45) is 4.79. The Hall–Kier alpha value is -1.76. The minimum Gasteiger partial charge on any atom is -0.378 e. The van der Waals surface area contributed by atoms with Gasteiger partial charge < -0.3 is 4.90 Å². The van der Waals surface area contributed by atoms with Crippen LogP contribution in [0.2, 0.25) is 0 Å². The van der Waals surface area contributed by atoms with E-state index in [9.17, 15) is 0 Å². The fourth-order valence-electron chi connectivity index (χ4n) is 3.65. The van der Waals surface area contributed by atoms with Gasteiger partial charge in [0.25, 0.3) is 0 Å². The Morgan fingerprint density at radius 3 is 1.74 bits per heavy atom. The molecule has 0 bridgehead atoms. The SMILES string of the molecule is CN(C)c1cc2c3c(c1)CCc1cccc(c1-3)CC2. The van der Waals surface area contributed by atoms with Crippen LogP contribution in [0.4, 0.5) is 5.69 Å². The molecular weight excluding hydrogens is 230 g/mol. The molecule has 2 aliphatic carbocycles. The average molecular weight is 249 g/mol. The van der Waals surface area contributed by atoms with E-state index in [4.69, 9.17) is 0 Å². The standard InChI is InChI=1S/C18H19N/c1-19(2)16-10-14-8-6-12-4-3-5-13-7-9-15(11-16)18(14)17(12)13/h3-5,10-11H,6-9H2,1-2H3. The molecule has 0 atom stereocenters. The third-order valence-electron chi connectivity index (χ3n) is 4.62. The zero-order valence-corrected chi connectivity index (χ0v) is 11.7. The van der Waals surface area contributed by atoms with E-state index in [1.807, 2.05) is 0 Å². The molecule has 2 aromatic rings. The van der Waals surface area contributed by atoms with Gasteiger partial charge in [-0.15, -0.1) is 0 Å². The molecule has 1 nitrogen and oxygen atoms in total. The first-order valence-electron chi connectivity index (χ1n) is 7.18. The van der Waals surface area contributed by atoms with Crippen molar-refractivity contribution in [2.75, 3.05) is 19.0 Å². The Morgan fingerprint density at radius 2 is 1.21 bits per heavy atom. The highest BCUT2D eigenvalue weighted by Gasteiger charge is 2.25. The summed E-state index contributed by atoms with van der Waals surface area (Å²) < 4.78 is 0. The quantitative estimate of drug-likeness (QED) is 0.746. The molecule has 0 fully saturated rings. The molecule has 0 unspecified atom stereocenters. The molecule has 0 spiro atoms. The number of nitrogens with zero attached hydrogens (tertiary/aromatic N) is 1. The van der Waals surface area contributed by atoms with Crippen LogP contribution < -0.4 is 4.90 Å². The molecule has 0 N–H and O–H groups in total. The first-order valence-corrected chi connectivity index (χ1v) is 7.18. The van der Waals surface area contributed by atoms with Crippen molar-refractivity contribution < 1.29 is 0 Å². The van der Waals surface area contributed by atoms with E-state index in [0.29, 0.717) is 0 Å². The maximum absolute atomic E-state index is 2.39. The maximum Gasteiger partial charge on any atom is 0.0366 e. The van der Waals surface area contributed by atoms with Gasteiger partial charge in [-0.3, -0.25) is 0 Å². The van der Waals surface area contributed by atoms with Gasteiger partial charge in [-0.1, -0.05) is 18.2 Å². The summed E-state index contributed by atoms with van der Waals surface area (Å²) >= 11 is 0. The molecule has 0 aromatic heterocycles. The van der Waals surface area contributed by atoms with Crippen molar-refractivity contribution in [2.24, 2.45) is 0 Å². The van der Waals surface area contributed by atoms with Gasteiger partial charge in [-0.2, -0.15) is 0 Å². The largest absolute Gasteiger partial charge is 0.378 e. The summed E-state index contributed by atoms with van der Waals surface area (Å²) in [5.41, 5.74) is 10.7. The average Bonchev–Trinajstić information content (AvgIpc) is 2.44. The number of hydrogen-bond donors (Lipinski definition) is 0. The predicted octanol–water partition coefficient (Wildman–Crippen LogP) is 3.62. The lowest BCUT2D eigenvalue weighted by Crippen LogP contribution is -2.16. The number of anilines is 1. The van der Waals surface area contributed by atoms with Crippen LogP contribution in [-0.2, 0) is 25.7 Å². The Labute approximate surface area is 114 Å². The van der Waals surface area contributed by atoms with E-state index in [0.717, 1.165) is 0 Å². The molecule has 1 heteroatoms. The van der Waals surface area contributed by atoms with Crippen LogP contribution in [0, 0.1) is 0 Å². The van der Waals surface area contributed by atoms with Gasteiger partial charge in [0.2, 0.25) is 0 Å². The molecule has 0 amide bonds. The van der Waals surface area contributed by atoms with Crippen LogP contribution >= 0.6 is 0 Å². The second kappa shape index (κ2) is 3.86. The monoisotopic (exact) mass is 249 g/mol. The van der Waals surface area contributed by atoms with Crippen LogP contribution in [0.5, 0.6) is 0 Å². The van der Waals surface area contributed by atoms with Gasteiger partial charge in [0, 0.05) is 19.8 Å². The number of hydrogen-bond acceptors (Lipinski definition) is 1. The lowest BCUT2D eigenvalue weighted by Gasteiger charge is -2.30. The Kier molecular flexibility index (Phi) is 2.26. The highest BCUT2D eigenvalue weighted by molar-refractivity contribution is 5.82. The molecule has 2 aromatic carbocycles. The zero-order valence-electron chi connectivity index (χ0n) is 11.7. The summed E-state index contributed by atoms with van der Waals surface area (Å²) in [4.78, 5) is 2.23. The van der Waals surface area contributed by atoms with Gasteiger partial charge in [-0.05, 0) is 71.2 Å². The Morgan fingerprint density at radius 1 is 0.737 bits per heavy atom. The summed E-state index contributed by atoms with van der Waals surface area (Å²) in [7, 11) is 4.28. The maximum atomic E-state index is 2.39. The van der Waals surface area contributed by atoms with Gasteiger partial charge >= 0.3 is 0 Å². The van der Waals surface area contributed by atoms with E-state index < -0.39 is 0 Å². The minimum absolute atomic E-state index is 1.19. The lowest BCUT2D eigenvalue weighted by atomic mass is 9.75. The van der Waals surface area contributed by atoms with Crippen molar-refractivity contribution in [3.63, 3.8) is 0 Å². The molecule has 4 rings (SSSR count). The number of aryl methyl sites for hydroxylation is 4. The van der Waals surface area contributed by atoms with Crippen molar-refractivity contribution in [1.82, 2.24) is 0 Å². The van der Waals surface area contributed by atoms with Crippen LogP contribution in [0.3, 0.4) is 0 Å². The highest BCUT2D eigenvalue weighted by Crippen LogP contribution is 2.43. The summed E-state index contributed by atoms with van der Waals surface area (Å²) in [5, 5.41) is 0. The van der Waals surface area contributed by atoms with Crippen molar-refractivity contribution in [3.05, 3.63) is 52.6 Å².